The third-order valence-electron chi connectivity index (χ3n) is 4.18. The average Bonchev–Trinajstić information content (AvgIpc) is 3.21. The highest BCUT2D eigenvalue weighted by molar-refractivity contribution is 9.10. The molecule has 15 heteroatoms. The lowest BCUT2D eigenvalue weighted by molar-refractivity contribution is -0.141. The van der Waals surface area contributed by atoms with Crippen molar-refractivity contribution < 1.29 is 27.0 Å². The molecule has 0 aliphatic heterocycles. The van der Waals surface area contributed by atoms with Gasteiger partial charge in [-0.1, -0.05) is 30.1 Å². The van der Waals surface area contributed by atoms with Crippen LogP contribution >= 0.6 is 39.1 Å². The third kappa shape index (κ3) is 5.77. The Morgan fingerprint density at radius 1 is 1.21 bits per heavy atom. The summed E-state index contributed by atoms with van der Waals surface area (Å²) < 4.78 is 54.9. The van der Waals surface area contributed by atoms with Crippen LogP contribution in [0.1, 0.15) is 33.5 Å². The fourth-order valence-electron chi connectivity index (χ4n) is 2.66. The predicted octanol–water partition coefficient (Wildman–Crippen LogP) is 5.02. The molecule has 2 aromatic heterocycles. The summed E-state index contributed by atoms with van der Waals surface area (Å²) in [5.41, 5.74) is -2.20. The maximum atomic E-state index is 13.4. The van der Waals surface area contributed by atoms with Gasteiger partial charge < -0.3 is 5.32 Å². The number of carbonyl (C=O) groups is 2. The summed E-state index contributed by atoms with van der Waals surface area (Å²) in [4.78, 5) is 29.6. The monoisotopic (exact) mass is 597 g/mol. The van der Waals surface area contributed by atoms with E-state index in [0.717, 1.165) is 0 Å². The summed E-state index contributed by atoms with van der Waals surface area (Å²) in [6, 6.07) is 5.91. The Labute approximate surface area is 211 Å². The van der Waals surface area contributed by atoms with E-state index < -0.39 is 40.4 Å². The maximum Gasteiger partial charge on any atom is 0.435 e. The van der Waals surface area contributed by atoms with Gasteiger partial charge in [-0.3, -0.25) is 14.3 Å². The Bertz CT molecular complexity index is 1300. The number of hydrogen-bond acceptors (Lipinski definition) is 5. The number of pyridine rings is 1. The molecule has 3 aromatic rings. The van der Waals surface area contributed by atoms with E-state index in [9.17, 15) is 27.0 Å². The van der Waals surface area contributed by atoms with Crippen LogP contribution in [0.3, 0.4) is 0 Å². The van der Waals surface area contributed by atoms with E-state index in [1.54, 1.807) is 6.92 Å². The first-order chi connectivity index (χ1) is 15.9. The number of nitrogens with one attached hydrogen (secondary N) is 2. The number of benzene rings is 1. The van der Waals surface area contributed by atoms with Gasteiger partial charge in [-0.2, -0.15) is 18.3 Å². The van der Waals surface area contributed by atoms with E-state index in [4.69, 9.17) is 23.2 Å². The molecule has 1 aromatic carbocycles. The van der Waals surface area contributed by atoms with Crippen molar-refractivity contribution in [1.29, 1.82) is 0 Å². The van der Waals surface area contributed by atoms with Crippen molar-refractivity contribution in [2.24, 2.45) is 0 Å². The minimum Gasteiger partial charge on any atom is -0.319 e. The second kappa shape index (κ2) is 10.4. The summed E-state index contributed by atoms with van der Waals surface area (Å²) in [7, 11) is -1.70. The summed E-state index contributed by atoms with van der Waals surface area (Å²) in [5, 5.41) is 5.90. The van der Waals surface area contributed by atoms with E-state index in [0.29, 0.717) is 10.7 Å². The molecule has 2 amide bonds. The summed E-state index contributed by atoms with van der Waals surface area (Å²) in [6.07, 6.45) is -3.60. The maximum absolute atomic E-state index is 13.4. The number of halogens is 6. The predicted molar refractivity (Wildman–Crippen MR) is 125 cm³/mol. The number of rotatable bonds is 6. The molecule has 8 nitrogen and oxygen atoms in total. The fourth-order valence-corrected chi connectivity index (χ4v) is 4.24. The molecule has 180 valence electrons. The van der Waals surface area contributed by atoms with Crippen molar-refractivity contribution in [3.05, 3.63) is 68.0 Å². The number of nitrogens with zero attached hydrogens (tertiary/aromatic N) is 3. The molecule has 1 atom stereocenters. The number of amides is 2. The van der Waals surface area contributed by atoms with Crippen LogP contribution < -0.4 is 10.0 Å². The number of anilines is 1. The van der Waals surface area contributed by atoms with Crippen LogP contribution in [0, 0.1) is 0 Å². The molecule has 0 saturated carbocycles. The molecular weight excluding hydrogens is 586 g/mol. The second-order valence-electron chi connectivity index (χ2n) is 6.46. The minimum atomic E-state index is -4.86. The van der Waals surface area contributed by atoms with Crippen LogP contribution in [0.2, 0.25) is 10.0 Å². The first-order valence-electron chi connectivity index (χ1n) is 9.20. The van der Waals surface area contributed by atoms with Gasteiger partial charge >= 0.3 is 6.18 Å². The lowest BCUT2D eigenvalue weighted by Gasteiger charge is -2.14. The quantitative estimate of drug-likeness (QED) is 0.414. The van der Waals surface area contributed by atoms with Gasteiger partial charge in [0, 0.05) is 27.5 Å². The molecule has 0 saturated heterocycles. The zero-order valence-electron chi connectivity index (χ0n) is 16.9. The summed E-state index contributed by atoms with van der Waals surface area (Å²) in [5.74, 6) is -1.97. The zero-order chi connectivity index (χ0) is 25.2. The van der Waals surface area contributed by atoms with Crippen LogP contribution in [0.5, 0.6) is 0 Å². The average molecular weight is 599 g/mol. The summed E-state index contributed by atoms with van der Waals surface area (Å²) >= 11 is 15.2. The van der Waals surface area contributed by atoms with E-state index in [1.165, 1.54) is 30.5 Å². The molecule has 0 bridgehead atoms. The smallest absolute Gasteiger partial charge is 0.319 e. The lowest BCUT2D eigenvalue weighted by Crippen LogP contribution is -2.28. The minimum absolute atomic E-state index is 0.0526. The third-order valence-corrected chi connectivity index (χ3v) is 6.26. The molecule has 0 spiro atoms. The van der Waals surface area contributed by atoms with Gasteiger partial charge in [0.25, 0.3) is 11.8 Å². The highest BCUT2D eigenvalue weighted by atomic mass is 79.9. The Balaban J connectivity index is 2.09. The Hall–Kier alpha value is -2.48. The molecule has 3 rings (SSSR count). The van der Waals surface area contributed by atoms with E-state index in [2.05, 4.69) is 36.1 Å². The second-order valence-corrected chi connectivity index (χ2v) is 9.63. The van der Waals surface area contributed by atoms with Gasteiger partial charge in [0.15, 0.2) is 11.5 Å². The van der Waals surface area contributed by atoms with Crippen molar-refractivity contribution in [1.82, 2.24) is 19.5 Å². The fraction of sp³-hybridized carbons (Fsp3) is 0.158. The molecule has 2 N–H and O–H groups in total. The van der Waals surface area contributed by atoms with Crippen molar-refractivity contribution >= 4 is 67.6 Å². The van der Waals surface area contributed by atoms with E-state index >= 15 is 0 Å². The summed E-state index contributed by atoms with van der Waals surface area (Å²) in [6.45, 7) is 1.58. The van der Waals surface area contributed by atoms with E-state index in [-0.39, 0.29) is 37.3 Å². The van der Waals surface area contributed by atoms with Gasteiger partial charge in [0.05, 0.1) is 16.3 Å². The van der Waals surface area contributed by atoms with E-state index in [1.807, 2.05) is 0 Å². The van der Waals surface area contributed by atoms with Crippen molar-refractivity contribution in [2.75, 3.05) is 11.1 Å². The molecule has 2 heterocycles. The van der Waals surface area contributed by atoms with Gasteiger partial charge in [-0.25, -0.2) is 13.9 Å². The molecule has 0 radical (unpaired) electrons. The molecular formula is C19H13BrCl2F3N5O3S. The van der Waals surface area contributed by atoms with Crippen molar-refractivity contribution in [2.45, 2.75) is 13.1 Å². The molecule has 34 heavy (non-hydrogen) atoms. The van der Waals surface area contributed by atoms with Gasteiger partial charge in [0.1, 0.15) is 16.7 Å². The zero-order valence-corrected chi connectivity index (χ0v) is 20.8. The number of alkyl halides is 3. The van der Waals surface area contributed by atoms with Crippen LogP contribution in [0.15, 0.2) is 41.0 Å². The Morgan fingerprint density at radius 3 is 2.53 bits per heavy atom. The molecule has 0 fully saturated rings. The lowest BCUT2D eigenvalue weighted by atomic mass is 10.1. The van der Waals surface area contributed by atoms with Crippen LogP contribution in [0.25, 0.3) is 5.82 Å². The van der Waals surface area contributed by atoms with Gasteiger partial charge in [0.2, 0.25) is 0 Å². The first kappa shape index (κ1) is 26.1. The van der Waals surface area contributed by atoms with Crippen LogP contribution in [-0.2, 0) is 17.2 Å². The normalized spacial score (nSPS) is 12.3. The Kier molecular flexibility index (Phi) is 8.01. The SMILES string of the molecule is CCS(=O)NC(=O)c1cc(Cl)cc(Br)c1NC(=O)c1cc(C(F)(F)F)nn1-c1ncccc1Cl. The molecule has 0 aliphatic carbocycles. The molecule has 0 aliphatic rings. The largest absolute Gasteiger partial charge is 0.435 e. The highest BCUT2D eigenvalue weighted by Gasteiger charge is 2.37. The topological polar surface area (TPSA) is 106 Å². The first-order valence-corrected chi connectivity index (χ1v) is 12.1. The highest BCUT2D eigenvalue weighted by Crippen LogP contribution is 2.33. The number of carbonyl (C=O) groups excluding carboxylic acids is 2. The van der Waals surface area contributed by atoms with Gasteiger partial charge in [-0.05, 0) is 40.2 Å². The van der Waals surface area contributed by atoms with Crippen LogP contribution in [0.4, 0.5) is 18.9 Å². The van der Waals surface area contributed by atoms with Gasteiger partial charge in [-0.15, -0.1) is 0 Å². The number of aromatic nitrogens is 3. The standard InChI is InChI=1S/C19H13BrCl2F3N5O3S/c1-2-34(33)29-17(31)10-6-9(21)7-11(20)15(10)27-18(32)13-8-14(19(23,24)25)28-30(13)16-12(22)4-3-5-26-16/h3-8H,2H2,1H3,(H,27,32)(H,29,31). The van der Waals surface area contributed by atoms with Crippen molar-refractivity contribution in [3.63, 3.8) is 0 Å². The van der Waals surface area contributed by atoms with Crippen LogP contribution in [-0.4, -0.2) is 36.5 Å². The Morgan fingerprint density at radius 2 is 1.91 bits per heavy atom. The number of hydrogen-bond donors (Lipinski definition) is 2. The molecule has 1 unspecified atom stereocenters. The van der Waals surface area contributed by atoms with Crippen molar-refractivity contribution in [3.8, 4) is 5.82 Å².